The molecule has 0 radical (unpaired) electrons. The van der Waals surface area contributed by atoms with Crippen molar-refractivity contribution >= 4 is 5.84 Å². The monoisotopic (exact) mass is 312 g/mol. The maximum absolute atomic E-state index is 5.02. The van der Waals surface area contributed by atoms with Gasteiger partial charge in [-0.2, -0.15) is 0 Å². The standard InChI is InChI=1S/C22H20N2/c1-4-10-17(11-5-1)16-20-23-21(18-12-6-2-7-13-18)22(24-20)19-14-8-3-9-15-19/h1-15,21-22H,16H2,(H,23,24)/t21-,22-/m1/s1. The van der Waals surface area contributed by atoms with Crippen molar-refractivity contribution in [2.24, 2.45) is 4.99 Å². The Morgan fingerprint density at radius 1 is 0.667 bits per heavy atom. The van der Waals surface area contributed by atoms with Crippen molar-refractivity contribution < 1.29 is 0 Å². The fourth-order valence-corrected chi connectivity index (χ4v) is 3.27. The molecule has 0 fully saturated rings. The zero-order valence-corrected chi connectivity index (χ0v) is 13.5. The Morgan fingerprint density at radius 3 is 1.83 bits per heavy atom. The quantitative estimate of drug-likeness (QED) is 0.741. The Hall–Kier alpha value is -2.87. The van der Waals surface area contributed by atoms with Crippen LogP contribution in [0.3, 0.4) is 0 Å². The number of hydrogen-bond donors (Lipinski definition) is 1. The molecule has 0 aliphatic carbocycles. The minimum absolute atomic E-state index is 0.118. The van der Waals surface area contributed by atoms with E-state index in [4.69, 9.17) is 4.99 Å². The van der Waals surface area contributed by atoms with Crippen molar-refractivity contribution in [1.82, 2.24) is 5.32 Å². The lowest BCUT2D eigenvalue weighted by Gasteiger charge is -2.19. The van der Waals surface area contributed by atoms with Gasteiger partial charge in [-0.05, 0) is 16.7 Å². The van der Waals surface area contributed by atoms with Gasteiger partial charge in [-0.25, -0.2) is 0 Å². The fourth-order valence-electron chi connectivity index (χ4n) is 3.27. The zero-order chi connectivity index (χ0) is 16.2. The van der Waals surface area contributed by atoms with Crippen molar-refractivity contribution in [2.75, 3.05) is 0 Å². The van der Waals surface area contributed by atoms with Gasteiger partial charge in [-0.15, -0.1) is 0 Å². The summed E-state index contributed by atoms with van der Waals surface area (Å²) in [6.45, 7) is 0. The van der Waals surface area contributed by atoms with E-state index in [1.807, 2.05) is 6.07 Å². The minimum Gasteiger partial charge on any atom is -0.364 e. The number of hydrogen-bond acceptors (Lipinski definition) is 2. The van der Waals surface area contributed by atoms with Crippen molar-refractivity contribution in [3.63, 3.8) is 0 Å². The summed E-state index contributed by atoms with van der Waals surface area (Å²) in [5.41, 5.74) is 3.81. The SMILES string of the molecule is c1ccc(CC2=N[C@H](c3ccccc3)[C@@H](c3ccccc3)N2)cc1. The third kappa shape index (κ3) is 3.09. The van der Waals surface area contributed by atoms with Crippen molar-refractivity contribution in [1.29, 1.82) is 0 Å². The summed E-state index contributed by atoms with van der Waals surface area (Å²) in [5, 5.41) is 3.65. The molecule has 3 aromatic rings. The van der Waals surface area contributed by atoms with Crippen LogP contribution in [0.4, 0.5) is 0 Å². The van der Waals surface area contributed by atoms with E-state index in [0.717, 1.165) is 12.3 Å². The first-order valence-electron chi connectivity index (χ1n) is 8.37. The van der Waals surface area contributed by atoms with Gasteiger partial charge < -0.3 is 5.32 Å². The molecule has 0 spiro atoms. The summed E-state index contributed by atoms with van der Waals surface area (Å²) in [7, 11) is 0. The number of benzene rings is 3. The highest BCUT2D eigenvalue weighted by Crippen LogP contribution is 2.36. The highest BCUT2D eigenvalue weighted by atomic mass is 15.1. The molecule has 0 aromatic heterocycles. The Bertz CT molecular complexity index is 810. The second-order valence-corrected chi connectivity index (χ2v) is 6.13. The van der Waals surface area contributed by atoms with E-state index in [-0.39, 0.29) is 12.1 Å². The van der Waals surface area contributed by atoms with Gasteiger partial charge in [0.05, 0.1) is 6.04 Å². The largest absolute Gasteiger partial charge is 0.364 e. The Morgan fingerprint density at radius 2 is 1.21 bits per heavy atom. The molecular formula is C22H20N2. The van der Waals surface area contributed by atoms with Crippen LogP contribution in [-0.2, 0) is 6.42 Å². The topological polar surface area (TPSA) is 24.4 Å². The van der Waals surface area contributed by atoms with Crippen LogP contribution in [0.25, 0.3) is 0 Å². The predicted octanol–water partition coefficient (Wildman–Crippen LogP) is 4.71. The molecule has 2 heteroatoms. The van der Waals surface area contributed by atoms with Crippen LogP contribution in [0, 0.1) is 0 Å². The Labute approximate surface area is 142 Å². The molecule has 118 valence electrons. The molecule has 1 aliphatic heterocycles. The number of nitrogens with one attached hydrogen (secondary N) is 1. The molecule has 2 nitrogen and oxygen atoms in total. The van der Waals surface area contributed by atoms with Crippen LogP contribution < -0.4 is 5.32 Å². The van der Waals surface area contributed by atoms with Gasteiger partial charge in [0.25, 0.3) is 0 Å². The summed E-state index contributed by atoms with van der Waals surface area (Å²) in [6.07, 6.45) is 0.841. The van der Waals surface area contributed by atoms with Gasteiger partial charge in [-0.3, -0.25) is 4.99 Å². The molecule has 2 atom stereocenters. The summed E-state index contributed by atoms with van der Waals surface area (Å²) < 4.78 is 0. The van der Waals surface area contributed by atoms with E-state index in [2.05, 4.69) is 90.2 Å². The lowest BCUT2D eigenvalue weighted by atomic mass is 9.95. The highest BCUT2D eigenvalue weighted by Gasteiger charge is 2.30. The minimum atomic E-state index is 0.118. The normalized spacial score (nSPS) is 19.6. The molecule has 0 bridgehead atoms. The molecule has 0 saturated heterocycles. The van der Waals surface area contributed by atoms with E-state index in [9.17, 15) is 0 Å². The summed E-state index contributed by atoms with van der Waals surface area (Å²) in [6, 6.07) is 32.0. The number of aliphatic imine (C=N–C) groups is 1. The zero-order valence-electron chi connectivity index (χ0n) is 13.5. The first kappa shape index (κ1) is 14.7. The van der Waals surface area contributed by atoms with Gasteiger partial charge in [-0.1, -0.05) is 91.0 Å². The van der Waals surface area contributed by atoms with Gasteiger partial charge >= 0.3 is 0 Å². The summed E-state index contributed by atoms with van der Waals surface area (Å²) in [5.74, 6) is 1.06. The third-order valence-corrected chi connectivity index (χ3v) is 4.45. The van der Waals surface area contributed by atoms with E-state index in [0.29, 0.717) is 0 Å². The van der Waals surface area contributed by atoms with Gasteiger partial charge in [0.15, 0.2) is 0 Å². The van der Waals surface area contributed by atoms with Crippen molar-refractivity contribution in [3.8, 4) is 0 Å². The van der Waals surface area contributed by atoms with Crippen LogP contribution in [0.1, 0.15) is 28.8 Å². The highest BCUT2D eigenvalue weighted by molar-refractivity contribution is 5.87. The average molecular weight is 312 g/mol. The summed E-state index contributed by atoms with van der Waals surface area (Å²) in [4.78, 5) is 5.02. The van der Waals surface area contributed by atoms with Crippen LogP contribution in [0.5, 0.6) is 0 Å². The molecule has 4 rings (SSSR count). The molecule has 3 aromatic carbocycles. The predicted molar refractivity (Wildman–Crippen MR) is 99.1 cm³/mol. The lowest BCUT2D eigenvalue weighted by Crippen LogP contribution is -2.25. The average Bonchev–Trinajstić information content (AvgIpc) is 3.08. The molecule has 24 heavy (non-hydrogen) atoms. The molecule has 0 unspecified atom stereocenters. The fraction of sp³-hybridized carbons (Fsp3) is 0.136. The summed E-state index contributed by atoms with van der Waals surface area (Å²) >= 11 is 0. The van der Waals surface area contributed by atoms with Crippen molar-refractivity contribution in [2.45, 2.75) is 18.5 Å². The first-order chi connectivity index (χ1) is 11.9. The Balaban J connectivity index is 1.65. The third-order valence-electron chi connectivity index (χ3n) is 4.45. The van der Waals surface area contributed by atoms with Gasteiger partial charge in [0.2, 0.25) is 0 Å². The smallest absolute Gasteiger partial charge is 0.102 e. The van der Waals surface area contributed by atoms with E-state index in [1.54, 1.807) is 0 Å². The first-order valence-corrected chi connectivity index (χ1v) is 8.37. The van der Waals surface area contributed by atoms with E-state index >= 15 is 0 Å². The van der Waals surface area contributed by atoms with Gasteiger partial charge in [0.1, 0.15) is 11.9 Å². The number of rotatable bonds is 4. The molecule has 0 saturated carbocycles. The molecule has 1 N–H and O–H groups in total. The van der Waals surface area contributed by atoms with Crippen LogP contribution in [0.2, 0.25) is 0 Å². The molecule has 1 aliphatic rings. The van der Waals surface area contributed by atoms with Crippen LogP contribution >= 0.6 is 0 Å². The second kappa shape index (κ2) is 6.71. The van der Waals surface area contributed by atoms with Crippen molar-refractivity contribution in [3.05, 3.63) is 108 Å². The second-order valence-electron chi connectivity index (χ2n) is 6.13. The molecular weight excluding hydrogens is 292 g/mol. The maximum Gasteiger partial charge on any atom is 0.102 e. The van der Waals surface area contributed by atoms with Crippen LogP contribution in [0.15, 0.2) is 96.0 Å². The van der Waals surface area contributed by atoms with E-state index < -0.39 is 0 Å². The lowest BCUT2D eigenvalue weighted by molar-refractivity contribution is 0.572. The Kier molecular flexibility index (Phi) is 4.11. The molecule has 1 heterocycles. The number of amidine groups is 1. The van der Waals surface area contributed by atoms with E-state index in [1.165, 1.54) is 16.7 Å². The maximum atomic E-state index is 5.02. The number of nitrogens with zero attached hydrogens (tertiary/aromatic N) is 1. The van der Waals surface area contributed by atoms with Crippen LogP contribution in [-0.4, -0.2) is 5.84 Å². The van der Waals surface area contributed by atoms with Gasteiger partial charge in [0, 0.05) is 6.42 Å². The molecule has 0 amide bonds.